The van der Waals surface area contributed by atoms with E-state index in [1.807, 2.05) is 0 Å². The third kappa shape index (κ3) is 2.83. The van der Waals surface area contributed by atoms with Crippen molar-refractivity contribution in [2.24, 2.45) is 10.7 Å². The van der Waals surface area contributed by atoms with Crippen LogP contribution in [0.2, 0.25) is 0 Å². The lowest BCUT2D eigenvalue weighted by molar-refractivity contribution is -0.0508. The predicted molar refractivity (Wildman–Crippen MR) is 69.2 cm³/mol. The van der Waals surface area contributed by atoms with Gasteiger partial charge in [0.15, 0.2) is 5.96 Å². The van der Waals surface area contributed by atoms with Crippen LogP contribution in [0.4, 0.5) is 8.78 Å². The molecule has 2 N–H and O–H groups in total. The maximum atomic E-state index is 12.4. The van der Waals surface area contributed by atoms with E-state index in [1.54, 1.807) is 29.2 Å². The standard InChI is InChI=1S/C13H15F2N3O/c1-2-7-18-10(8-17-13(18)16)9-5-3-4-6-11(9)19-12(14)15/h2-6,10,12H,1,7-8H2,(H2,16,17). The molecule has 0 amide bonds. The number of guanidine groups is 1. The van der Waals surface area contributed by atoms with Gasteiger partial charge in [-0.25, -0.2) is 0 Å². The SMILES string of the molecule is C=CCN1C(N)=NCC1c1ccccc1OC(F)F. The summed E-state index contributed by atoms with van der Waals surface area (Å²) in [6, 6.07) is 6.48. The van der Waals surface area contributed by atoms with Crippen molar-refractivity contribution in [1.29, 1.82) is 0 Å². The van der Waals surface area contributed by atoms with Gasteiger partial charge in [-0.3, -0.25) is 4.99 Å². The van der Waals surface area contributed by atoms with Crippen LogP contribution in [0.3, 0.4) is 0 Å². The molecule has 0 aromatic heterocycles. The fourth-order valence-electron chi connectivity index (χ4n) is 2.11. The molecule has 0 aliphatic carbocycles. The summed E-state index contributed by atoms with van der Waals surface area (Å²) in [6.45, 7) is 1.72. The molecule has 1 heterocycles. The first-order valence-electron chi connectivity index (χ1n) is 5.84. The van der Waals surface area contributed by atoms with Gasteiger partial charge in [0, 0.05) is 12.1 Å². The topological polar surface area (TPSA) is 50.8 Å². The highest BCUT2D eigenvalue weighted by atomic mass is 19.3. The molecule has 2 rings (SSSR count). The zero-order chi connectivity index (χ0) is 13.8. The molecule has 102 valence electrons. The Morgan fingerprint density at radius 1 is 1.53 bits per heavy atom. The number of aliphatic imine (C=N–C) groups is 1. The zero-order valence-electron chi connectivity index (χ0n) is 10.3. The molecular weight excluding hydrogens is 252 g/mol. The van der Waals surface area contributed by atoms with E-state index in [1.165, 1.54) is 6.07 Å². The minimum absolute atomic E-state index is 0.154. The zero-order valence-corrected chi connectivity index (χ0v) is 10.3. The average molecular weight is 267 g/mol. The number of benzene rings is 1. The lowest BCUT2D eigenvalue weighted by atomic mass is 10.1. The van der Waals surface area contributed by atoms with Crippen LogP contribution in [0.15, 0.2) is 41.9 Å². The van der Waals surface area contributed by atoms with Crippen LogP contribution in [0, 0.1) is 0 Å². The molecule has 0 radical (unpaired) electrons. The quantitative estimate of drug-likeness (QED) is 0.832. The summed E-state index contributed by atoms with van der Waals surface area (Å²) in [7, 11) is 0. The number of nitrogens with zero attached hydrogens (tertiary/aromatic N) is 2. The Morgan fingerprint density at radius 2 is 2.26 bits per heavy atom. The third-order valence-corrected chi connectivity index (χ3v) is 2.92. The van der Waals surface area contributed by atoms with E-state index < -0.39 is 6.61 Å². The van der Waals surface area contributed by atoms with Crippen molar-refractivity contribution in [2.75, 3.05) is 13.1 Å². The van der Waals surface area contributed by atoms with Crippen LogP contribution >= 0.6 is 0 Å². The normalized spacial score (nSPS) is 18.6. The predicted octanol–water partition coefficient (Wildman–Crippen LogP) is 2.15. The number of hydrogen-bond acceptors (Lipinski definition) is 4. The molecule has 4 nitrogen and oxygen atoms in total. The molecule has 0 saturated heterocycles. The highest BCUT2D eigenvalue weighted by Crippen LogP contribution is 2.32. The van der Waals surface area contributed by atoms with Gasteiger partial charge in [-0.05, 0) is 6.07 Å². The first kappa shape index (κ1) is 13.3. The summed E-state index contributed by atoms with van der Waals surface area (Å²) in [4.78, 5) is 5.95. The molecular formula is C13H15F2N3O. The van der Waals surface area contributed by atoms with Crippen molar-refractivity contribution in [3.63, 3.8) is 0 Å². The number of ether oxygens (including phenoxy) is 1. The number of alkyl halides is 2. The highest BCUT2D eigenvalue weighted by molar-refractivity contribution is 5.80. The number of halogens is 2. The van der Waals surface area contributed by atoms with Gasteiger partial charge >= 0.3 is 6.61 Å². The lowest BCUT2D eigenvalue weighted by Crippen LogP contribution is -2.36. The van der Waals surface area contributed by atoms with Crippen molar-refractivity contribution >= 4 is 5.96 Å². The van der Waals surface area contributed by atoms with Gasteiger partial charge in [-0.2, -0.15) is 8.78 Å². The summed E-state index contributed by atoms with van der Waals surface area (Å²) < 4.78 is 29.3. The van der Waals surface area contributed by atoms with Gasteiger partial charge in [0.2, 0.25) is 0 Å². The van der Waals surface area contributed by atoms with Crippen LogP contribution in [0.25, 0.3) is 0 Å². The van der Waals surface area contributed by atoms with Gasteiger partial charge < -0.3 is 15.4 Å². The number of rotatable bonds is 5. The number of para-hydroxylation sites is 1. The van der Waals surface area contributed by atoms with Gasteiger partial charge in [0.1, 0.15) is 5.75 Å². The fraction of sp³-hybridized carbons (Fsp3) is 0.308. The van der Waals surface area contributed by atoms with E-state index in [0.717, 1.165) is 0 Å². The Hall–Kier alpha value is -2.11. The van der Waals surface area contributed by atoms with Crippen LogP contribution in [0.1, 0.15) is 11.6 Å². The molecule has 0 saturated carbocycles. The highest BCUT2D eigenvalue weighted by Gasteiger charge is 2.29. The maximum Gasteiger partial charge on any atom is 0.387 e. The summed E-state index contributed by atoms with van der Waals surface area (Å²) >= 11 is 0. The van der Waals surface area contributed by atoms with Crippen molar-refractivity contribution in [1.82, 2.24) is 4.90 Å². The molecule has 1 aromatic carbocycles. The number of hydrogen-bond donors (Lipinski definition) is 1. The molecule has 6 heteroatoms. The largest absolute Gasteiger partial charge is 0.434 e. The van der Waals surface area contributed by atoms with E-state index in [0.29, 0.717) is 24.6 Å². The second kappa shape index (κ2) is 5.69. The first-order valence-corrected chi connectivity index (χ1v) is 5.84. The van der Waals surface area contributed by atoms with Crippen LogP contribution in [-0.2, 0) is 0 Å². The summed E-state index contributed by atoms with van der Waals surface area (Å²) in [5.74, 6) is 0.540. The van der Waals surface area contributed by atoms with Crippen LogP contribution in [-0.4, -0.2) is 30.6 Å². The molecule has 1 aliphatic heterocycles. The molecule has 19 heavy (non-hydrogen) atoms. The average Bonchev–Trinajstić information content (AvgIpc) is 2.72. The van der Waals surface area contributed by atoms with Crippen molar-refractivity contribution in [3.05, 3.63) is 42.5 Å². The van der Waals surface area contributed by atoms with Gasteiger partial charge in [-0.15, -0.1) is 6.58 Å². The van der Waals surface area contributed by atoms with E-state index in [4.69, 9.17) is 5.73 Å². The van der Waals surface area contributed by atoms with Crippen molar-refractivity contribution in [2.45, 2.75) is 12.7 Å². The molecule has 1 aromatic rings. The van der Waals surface area contributed by atoms with Crippen LogP contribution < -0.4 is 10.5 Å². The Bertz CT molecular complexity index is 491. The lowest BCUT2D eigenvalue weighted by Gasteiger charge is -2.26. The van der Waals surface area contributed by atoms with Gasteiger partial charge in [0.05, 0.1) is 12.6 Å². The maximum absolute atomic E-state index is 12.4. The Labute approximate surface area is 110 Å². The number of nitrogens with two attached hydrogens (primary N) is 1. The minimum Gasteiger partial charge on any atom is -0.434 e. The monoisotopic (exact) mass is 267 g/mol. The molecule has 0 spiro atoms. The fourth-order valence-corrected chi connectivity index (χ4v) is 2.11. The van der Waals surface area contributed by atoms with Gasteiger partial charge in [-0.1, -0.05) is 24.3 Å². The second-order valence-corrected chi connectivity index (χ2v) is 4.07. The van der Waals surface area contributed by atoms with Gasteiger partial charge in [0.25, 0.3) is 0 Å². The van der Waals surface area contributed by atoms with Crippen LogP contribution in [0.5, 0.6) is 5.75 Å². The molecule has 1 atom stereocenters. The minimum atomic E-state index is -2.85. The molecule has 1 aliphatic rings. The Morgan fingerprint density at radius 3 is 2.95 bits per heavy atom. The van der Waals surface area contributed by atoms with E-state index in [2.05, 4.69) is 16.3 Å². The van der Waals surface area contributed by atoms with E-state index in [9.17, 15) is 8.78 Å². The van der Waals surface area contributed by atoms with Crippen molar-refractivity contribution in [3.8, 4) is 5.75 Å². The summed E-state index contributed by atoms with van der Waals surface area (Å²) in [6.07, 6.45) is 1.69. The molecule has 1 unspecified atom stereocenters. The second-order valence-electron chi connectivity index (χ2n) is 4.07. The Kier molecular flexibility index (Phi) is 3.99. The summed E-state index contributed by atoms with van der Waals surface area (Å²) in [5, 5.41) is 0. The van der Waals surface area contributed by atoms with E-state index >= 15 is 0 Å². The molecule has 0 bridgehead atoms. The smallest absolute Gasteiger partial charge is 0.387 e. The molecule has 0 fully saturated rings. The third-order valence-electron chi connectivity index (χ3n) is 2.92. The van der Waals surface area contributed by atoms with E-state index in [-0.39, 0.29) is 11.8 Å². The summed E-state index contributed by atoms with van der Waals surface area (Å²) in [5.41, 5.74) is 6.43. The van der Waals surface area contributed by atoms with Crippen molar-refractivity contribution < 1.29 is 13.5 Å². The first-order chi connectivity index (χ1) is 9.13. The Balaban J connectivity index is 2.28.